The van der Waals surface area contributed by atoms with Gasteiger partial charge in [0.2, 0.25) is 5.95 Å². The summed E-state index contributed by atoms with van der Waals surface area (Å²) in [5.74, 6) is 0.106. The fraction of sp³-hybridized carbons (Fsp3) is 0.158. The lowest BCUT2D eigenvalue weighted by Gasteiger charge is -2.06. The van der Waals surface area contributed by atoms with Crippen LogP contribution < -0.4 is 5.73 Å². The number of nitrogens with zero attached hydrogens (tertiary/aromatic N) is 7. The quantitative estimate of drug-likeness (QED) is 0.563. The molecule has 4 aromatic rings. The van der Waals surface area contributed by atoms with Crippen LogP contribution in [0, 0.1) is 11.3 Å². The minimum atomic E-state index is 0.106. The normalized spacial score (nSPS) is 10.9. The third-order valence-electron chi connectivity index (χ3n) is 4.11. The largest absolute Gasteiger partial charge is 0.378 e. The van der Waals surface area contributed by atoms with Gasteiger partial charge >= 0.3 is 0 Å². The van der Waals surface area contributed by atoms with Crippen molar-refractivity contribution in [1.29, 1.82) is 5.26 Å². The van der Waals surface area contributed by atoms with Gasteiger partial charge in [-0.2, -0.15) is 10.2 Å². The minimum Gasteiger partial charge on any atom is -0.378 e. The van der Waals surface area contributed by atoms with Crippen LogP contribution in [0.2, 0.25) is 0 Å². The highest BCUT2D eigenvalue weighted by atomic mass is 16.5. The van der Waals surface area contributed by atoms with Gasteiger partial charge in [-0.1, -0.05) is 23.4 Å². The van der Waals surface area contributed by atoms with Crippen molar-refractivity contribution < 1.29 is 4.74 Å². The molecule has 3 aromatic heterocycles. The van der Waals surface area contributed by atoms with Crippen molar-refractivity contribution in [2.45, 2.75) is 13.2 Å². The summed E-state index contributed by atoms with van der Waals surface area (Å²) in [6, 6.07) is 14.9. The van der Waals surface area contributed by atoms with E-state index in [1.165, 1.54) is 0 Å². The van der Waals surface area contributed by atoms with E-state index in [1.54, 1.807) is 30.0 Å². The van der Waals surface area contributed by atoms with Crippen LogP contribution in [-0.4, -0.2) is 37.1 Å². The highest BCUT2D eigenvalue weighted by Gasteiger charge is 2.16. The number of benzene rings is 1. The standard InChI is InChI=1S/C19H16N8O/c1-28-11-15-7-3-6-14(22-15)10-27-18-17(25-26-27)16(23-19(21)24-18)13-5-2-4-12(8-13)9-20/h2-8H,10-11H2,1H3,(H2,21,23,24). The first-order chi connectivity index (χ1) is 13.7. The number of ether oxygens (including phenoxy) is 1. The average molecular weight is 372 g/mol. The Morgan fingerprint density at radius 1 is 1.11 bits per heavy atom. The second kappa shape index (κ2) is 7.38. The Bertz CT molecular complexity index is 1190. The maximum absolute atomic E-state index is 9.15. The Morgan fingerprint density at radius 3 is 2.75 bits per heavy atom. The van der Waals surface area contributed by atoms with Crippen LogP contribution in [-0.2, 0) is 17.9 Å². The molecule has 0 amide bonds. The van der Waals surface area contributed by atoms with E-state index in [0.717, 1.165) is 17.0 Å². The van der Waals surface area contributed by atoms with Crippen molar-refractivity contribution in [2.75, 3.05) is 12.8 Å². The van der Waals surface area contributed by atoms with Gasteiger partial charge in [0.15, 0.2) is 11.2 Å². The number of hydrogen-bond acceptors (Lipinski definition) is 8. The summed E-state index contributed by atoms with van der Waals surface area (Å²) in [4.78, 5) is 13.2. The number of rotatable bonds is 5. The van der Waals surface area contributed by atoms with Crippen molar-refractivity contribution in [3.8, 4) is 17.3 Å². The van der Waals surface area contributed by atoms with Crippen LogP contribution >= 0.6 is 0 Å². The van der Waals surface area contributed by atoms with Crippen LogP contribution in [0.15, 0.2) is 42.5 Å². The predicted molar refractivity (Wildman–Crippen MR) is 102 cm³/mol. The molecule has 0 saturated heterocycles. The van der Waals surface area contributed by atoms with Crippen LogP contribution in [0.25, 0.3) is 22.4 Å². The Morgan fingerprint density at radius 2 is 1.93 bits per heavy atom. The molecule has 0 fully saturated rings. The van der Waals surface area contributed by atoms with Gasteiger partial charge in [-0.15, -0.1) is 5.10 Å². The molecule has 0 unspecified atom stereocenters. The third kappa shape index (κ3) is 3.36. The topological polar surface area (TPSA) is 128 Å². The maximum atomic E-state index is 9.15. The summed E-state index contributed by atoms with van der Waals surface area (Å²) >= 11 is 0. The number of anilines is 1. The Hall–Kier alpha value is -3.90. The van der Waals surface area contributed by atoms with Crippen LogP contribution in [0.1, 0.15) is 17.0 Å². The van der Waals surface area contributed by atoms with Gasteiger partial charge in [0.05, 0.1) is 36.2 Å². The van der Waals surface area contributed by atoms with E-state index in [0.29, 0.717) is 35.6 Å². The van der Waals surface area contributed by atoms with Gasteiger partial charge in [0, 0.05) is 12.7 Å². The second-order valence-corrected chi connectivity index (χ2v) is 6.10. The first-order valence-corrected chi connectivity index (χ1v) is 8.49. The fourth-order valence-corrected chi connectivity index (χ4v) is 2.92. The molecule has 0 radical (unpaired) electrons. The zero-order valence-electron chi connectivity index (χ0n) is 15.1. The lowest BCUT2D eigenvalue weighted by atomic mass is 10.1. The number of nitriles is 1. The summed E-state index contributed by atoms with van der Waals surface area (Å²) < 4.78 is 6.76. The lowest BCUT2D eigenvalue weighted by molar-refractivity contribution is 0.181. The number of methoxy groups -OCH3 is 1. The smallest absolute Gasteiger partial charge is 0.222 e. The molecule has 0 spiro atoms. The van der Waals surface area contributed by atoms with Gasteiger partial charge in [-0.3, -0.25) is 4.98 Å². The van der Waals surface area contributed by atoms with Gasteiger partial charge in [0.25, 0.3) is 0 Å². The third-order valence-corrected chi connectivity index (χ3v) is 4.11. The molecule has 0 saturated carbocycles. The molecule has 0 aliphatic rings. The summed E-state index contributed by atoms with van der Waals surface area (Å²) in [6.07, 6.45) is 0. The van der Waals surface area contributed by atoms with Crippen molar-refractivity contribution in [2.24, 2.45) is 0 Å². The lowest BCUT2D eigenvalue weighted by Crippen LogP contribution is -2.07. The van der Waals surface area contributed by atoms with E-state index in [-0.39, 0.29) is 5.95 Å². The van der Waals surface area contributed by atoms with E-state index in [2.05, 4.69) is 31.3 Å². The van der Waals surface area contributed by atoms with Crippen molar-refractivity contribution in [3.63, 3.8) is 0 Å². The van der Waals surface area contributed by atoms with Gasteiger partial charge in [0.1, 0.15) is 5.69 Å². The second-order valence-electron chi connectivity index (χ2n) is 6.10. The molecule has 0 bridgehead atoms. The van der Waals surface area contributed by atoms with Gasteiger partial charge < -0.3 is 10.5 Å². The van der Waals surface area contributed by atoms with Crippen molar-refractivity contribution in [1.82, 2.24) is 29.9 Å². The summed E-state index contributed by atoms with van der Waals surface area (Å²) in [5.41, 5.74) is 10.4. The Kier molecular flexibility index (Phi) is 4.62. The monoisotopic (exact) mass is 372 g/mol. The molecule has 0 aliphatic heterocycles. The molecular formula is C19H16N8O. The predicted octanol–water partition coefficient (Wildman–Crippen LogP) is 1.93. The molecule has 0 atom stereocenters. The summed E-state index contributed by atoms with van der Waals surface area (Å²) in [5, 5.41) is 17.6. The maximum Gasteiger partial charge on any atom is 0.222 e. The van der Waals surface area contributed by atoms with Crippen LogP contribution in [0.4, 0.5) is 5.95 Å². The first kappa shape index (κ1) is 17.5. The molecule has 4 rings (SSSR count). The number of pyridine rings is 1. The SMILES string of the molecule is COCc1cccc(Cn2nnc3c(-c4cccc(C#N)c4)nc(N)nc32)n1. The molecule has 1 aromatic carbocycles. The van der Waals surface area contributed by atoms with Crippen molar-refractivity contribution >= 4 is 17.1 Å². The van der Waals surface area contributed by atoms with E-state index < -0.39 is 0 Å². The molecular weight excluding hydrogens is 356 g/mol. The highest BCUT2D eigenvalue weighted by Crippen LogP contribution is 2.26. The molecule has 9 nitrogen and oxygen atoms in total. The first-order valence-electron chi connectivity index (χ1n) is 8.49. The number of nitrogen functional groups attached to an aromatic ring is 1. The van der Waals surface area contributed by atoms with E-state index in [1.807, 2.05) is 24.3 Å². The molecule has 138 valence electrons. The van der Waals surface area contributed by atoms with E-state index in [4.69, 9.17) is 15.7 Å². The zero-order valence-corrected chi connectivity index (χ0v) is 15.1. The fourth-order valence-electron chi connectivity index (χ4n) is 2.92. The van der Waals surface area contributed by atoms with Crippen LogP contribution in [0.3, 0.4) is 0 Å². The molecule has 0 aliphatic carbocycles. The number of fused-ring (bicyclic) bond motifs is 1. The van der Waals surface area contributed by atoms with E-state index >= 15 is 0 Å². The average Bonchev–Trinajstić information content (AvgIpc) is 3.10. The molecule has 28 heavy (non-hydrogen) atoms. The van der Waals surface area contributed by atoms with Crippen molar-refractivity contribution in [3.05, 3.63) is 59.4 Å². The van der Waals surface area contributed by atoms with E-state index in [9.17, 15) is 0 Å². The molecule has 9 heteroatoms. The Balaban J connectivity index is 1.77. The van der Waals surface area contributed by atoms with Gasteiger partial charge in [-0.05, 0) is 24.3 Å². The Labute approximate surface area is 160 Å². The zero-order chi connectivity index (χ0) is 19.5. The summed E-state index contributed by atoms with van der Waals surface area (Å²) in [7, 11) is 1.63. The molecule has 2 N–H and O–H groups in total. The molecule has 3 heterocycles. The van der Waals surface area contributed by atoms with Crippen LogP contribution in [0.5, 0.6) is 0 Å². The number of nitrogens with two attached hydrogens (primary N) is 1. The minimum absolute atomic E-state index is 0.106. The number of aromatic nitrogens is 6. The number of hydrogen-bond donors (Lipinski definition) is 1. The van der Waals surface area contributed by atoms with Gasteiger partial charge in [-0.25, -0.2) is 9.67 Å². The highest BCUT2D eigenvalue weighted by molar-refractivity contribution is 5.88. The summed E-state index contributed by atoms with van der Waals surface area (Å²) in [6.45, 7) is 0.808.